The highest BCUT2D eigenvalue weighted by Gasteiger charge is 2.71. The molecule has 2 aliphatic rings. The van der Waals surface area contributed by atoms with E-state index in [0.717, 1.165) is 22.2 Å². The van der Waals surface area contributed by atoms with Crippen molar-refractivity contribution in [3.8, 4) is 5.69 Å². The number of amides is 1. The Labute approximate surface area is 220 Å². The number of nitrogens with zero attached hydrogens (tertiary/aromatic N) is 4. The molecule has 0 unspecified atom stereocenters. The van der Waals surface area contributed by atoms with Gasteiger partial charge in [0.2, 0.25) is 0 Å². The molecule has 0 spiro atoms. The lowest BCUT2D eigenvalue weighted by Gasteiger charge is -2.25. The van der Waals surface area contributed by atoms with Crippen LogP contribution in [0.3, 0.4) is 0 Å². The zero-order valence-electron chi connectivity index (χ0n) is 21.3. The van der Waals surface area contributed by atoms with Gasteiger partial charge in [0.15, 0.2) is 0 Å². The van der Waals surface area contributed by atoms with E-state index in [1.54, 1.807) is 18.3 Å². The number of pyridine rings is 1. The van der Waals surface area contributed by atoms with Crippen LogP contribution in [0.4, 0.5) is 4.39 Å². The molecule has 3 aromatic carbocycles. The van der Waals surface area contributed by atoms with Crippen LogP contribution < -0.4 is 0 Å². The lowest BCUT2D eigenvalue weighted by molar-refractivity contribution is 0.0763. The molecule has 2 fully saturated rings. The van der Waals surface area contributed by atoms with Gasteiger partial charge >= 0.3 is 0 Å². The standard InChI is InChI=1S/C32H27FN4O/c1-20-12-13-34-28(14-20)31(38)36-18-27-30(22-6-4-3-5-7-22)32(27,19-36)26-16-23-17-35-37(29(23)15-21(26)2)25-10-8-24(33)9-11-25/h3-17,27,30H,18-19H2,1-2H3/t27-,30-,32+/m0/s1. The van der Waals surface area contributed by atoms with Gasteiger partial charge in [0.05, 0.1) is 17.4 Å². The Hall–Kier alpha value is -4.32. The lowest BCUT2D eigenvalue weighted by atomic mass is 9.86. The summed E-state index contributed by atoms with van der Waals surface area (Å²) in [5, 5.41) is 5.66. The first-order valence-corrected chi connectivity index (χ1v) is 13.0. The summed E-state index contributed by atoms with van der Waals surface area (Å²) >= 11 is 0. The Kier molecular flexibility index (Phi) is 5.02. The third-order valence-corrected chi connectivity index (χ3v) is 8.45. The highest BCUT2D eigenvalue weighted by atomic mass is 19.1. The number of fused-ring (bicyclic) bond motifs is 2. The van der Waals surface area contributed by atoms with Gasteiger partial charge in [0.1, 0.15) is 11.5 Å². The number of aryl methyl sites for hydroxylation is 2. The number of benzene rings is 3. The smallest absolute Gasteiger partial charge is 0.272 e. The molecule has 0 N–H and O–H groups in total. The second-order valence-corrected chi connectivity index (χ2v) is 10.7. The summed E-state index contributed by atoms with van der Waals surface area (Å²) in [5.74, 6) is 0.411. The quantitative estimate of drug-likeness (QED) is 0.304. The molecule has 3 heterocycles. The van der Waals surface area contributed by atoms with Crippen LogP contribution in [0.25, 0.3) is 16.6 Å². The third-order valence-electron chi connectivity index (χ3n) is 8.45. The number of rotatable bonds is 4. The third kappa shape index (κ3) is 3.40. The number of piperidine rings is 1. The number of carbonyl (C=O) groups excluding carboxylic acids is 1. The number of aromatic nitrogens is 3. The van der Waals surface area contributed by atoms with E-state index in [9.17, 15) is 9.18 Å². The summed E-state index contributed by atoms with van der Waals surface area (Å²) in [6.45, 7) is 5.50. The molecular weight excluding hydrogens is 475 g/mol. The topological polar surface area (TPSA) is 51.0 Å². The van der Waals surface area contributed by atoms with Gasteiger partial charge < -0.3 is 4.90 Å². The van der Waals surface area contributed by atoms with Crippen LogP contribution in [0.2, 0.25) is 0 Å². The number of hydrogen-bond donors (Lipinski definition) is 0. The minimum atomic E-state index is -0.268. The van der Waals surface area contributed by atoms with Crippen LogP contribution >= 0.6 is 0 Å². The van der Waals surface area contributed by atoms with Crippen LogP contribution in [0.5, 0.6) is 0 Å². The lowest BCUT2D eigenvalue weighted by Crippen LogP contribution is -2.35. The molecule has 0 radical (unpaired) electrons. The number of hydrogen-bond acceptors (Lipinski definition) is 3. The van der Waals surface area contributed by atoms with Gasteiger partial charge in [-0.1, -0.05) is 30.3 Å². The highest BCUT2D eigenvalue weighted by molar-refractivity contribution is 5.93. The van der Waals surface area contributed by atoms with E-state index in [1.807, 2.05) is 34.8 Å². The van der Waals surface area contributed by atoms with Gasteiger partial charge in [0.25, 0.3) is 5.91 Å². The molecule has 1 aliphatic heterocycles. The molecule has 7 rings (SSSR count). The number of likely N-dealkylation sites (tertiary alicyclic amines) is 1. The molecule has 5 aromatic rings. The summed E-state index contributed by atoms with van der Waals surface area (Å²) in [5.41, 5.74) is 6.95. The van der Waals surface area contributed by atoms with E-state index in [1.165, 1.54) is 28.8 Å². The molecule has 1 saturated carbocycles. The maximum atomic E-state index is 13.5. The second kappa shape index (κ2) is 8.35. The van der Waals surface area contributed by atoms with E-state index >= 15 is 0 Å². The van der Waals surface area contributed by atoms with Gasteiger partial charge in [-0.2, -0.15) is 5.10 Å². The van der Waals surface area contributed by atoms with Crippen molar-refractivity contribution in [2.45, 2.75) is 25.2 Å². The van der Waals surface area contributed by atoms with Crippen LogP contribution in [0.15, 0.2) is 91.3 Å². The second-order valence-electron chi connectivity index (χ2n) is 10.7. The fraction of sp³-hybridized carbons (Fsp3) is 0.219. The van der Waals surface area contributed by atoms with Crippen molar-refractivity contribution in [1.29, 1.82) is 0 Å². The van der Waals surface area contributed by atoms with E-state index in [-0.39, 0.29) is 17.1 Å². The van der Waals surface area contributed by atoms with Gasteiger partial charge in [-0.3, -0.25) is 9.78 Å². The minimum absolute atomic E-state index is 0.00468. The molecule has 1 saturated heterocycles. The van der Waals surface area contributed by atoms with Gasteiger partial charge in [-0.25, -0.2) is 9.07 Å². The first kappa shape index (κ1) is 22.8. The number of halogens is 1. The minimum Gasteiger partial charge on any atom is -0.336 e. The summed E-state index contributed by atoms with van der Waals surface area (Å²) in [6, 6.07) is 25.3. The maximum Gasteiger partial charge on any atom is 0.272 e. The predicted octanol–water partition coefficient (Wildman–Crippen LogP) is 5.98. The molecule has 5 nitrogen and oxygen atoms in total. The summed E-state index contributed by atoms with van der Waals surface area (Å²) in [4.78, 5) is 19.8. The monoisotopic (exact) mass is 502 g/mol. The van der Waals surface area contributed by atoms with Crippen molar-refractivity contribution in [3.05, 3.63) is 125 Å². The SMILES string of the molecule is Cc1ccnc(C(=O)N2C[C@H]3[C@H](c4ccccc4)[C@@]3(c3cc4cnn(-c5ccc(F)cc5)c4cc3C)C2)c1. The molecule has 3 atom stereocenters. The molecule has 1 amide bonds. The molecule has 188 valence electrons. The van der Waals surface area contributed by atoms with Crippen molar-refractivity contribution < 1.29 is 9.18 Å². The van der Waals surface area contributed by atoms with Gasteiger partial charge in [-0.05, 0) is 90.6 Å². The first-order valence-electron chi connectivity index (χ1n) is 13.0. The molecule has 38 heavy (non-hydrogen) atoms. The zero-order valence-corrected chi connectivity index (χ0v) is 21.3. The average Bonchev–Trinajstić information content (AvgIpc) is 3.19. The Balaban J connectivity index is 1.30. The molecule has 6 heteroatoms. The predicted molar refractivity (Wildman–Crippen MR) is 145 cm³/mol. The normalized spacial score (nSPS) is 22.0. The highest BCUT2D eigenvalue weighted by Crippen LogP contribution is 2.69. The van der Waals surface area contributed by atoms with Crippen LogP contribution in [0, 0.1) is 25.6 Å². The van der Waals surface area contributed by atoms with E-state index in [2.05, 4.69) is 59.5 Å². The first-order chi connectivity index (χ1) is 18.5. The average molecular weight is 503 g/mol. The van der Waals surface area contributed by atoms with Crippen molar-refractivity contribution in [1.82, 2.24) is 19.7 Å². The Morgan fingerprint density at radius 1 is 1.00 bits per heavy atom. The largest absolute Gasteiger partial charge is 0.336 e. The fourth-order valence-corrected chi connectivity index (χ4v) is 6.70. The zero-order chi connectivity index (χ0) is 26.0. The van der Waals surface area contributed by atoms with Crippen LogP contribution in [-0.4, -0.2) is 38.7 Å². The summed E-state index contributed by atoms with van der Waals surface area (Å²) in [7, 11) is 0. The van der Waals surface area contributed by atoms with E-state index in [0.29, 0.717) is 30.6 Å². The fourth-order valence-electron chi connectivity index (χ4n) is 6.70. The van der Waals surface area contributed by atoms with Crippen molar-refractivity contribution >= 4 is 16.8 Å². The van der Waals surface area contributed by atoms with Crippen molar-refractivity contribution in [2.24, 2.45) is 5.92 Å². The van der Waals surface area contributed by atoms with Gasteiger partial charge in [-0.15, -0.1) is 0 Å². The maximum absolute atomic E-state index is 13.5. The molecule has 2 aromatic heterocycles. The Bertz CT molecular complexity index is 1690. The van der Waals surface area contributed by atoms with Crippen molar-refractivity contribution in [3.63, 3.8) is 0 Å². The number of carbonyl (C=O) groups is 1. The molecular formula is C32H27FN4O. The van der Waals surface area contributed by atoms with Crippen molar-refractivity contribution in [2.75, 3.05) is 13.1 Å². The Morgan fingerprint density at radius 2 is 1.79 bits per heavy atom. The van der Waals surface area contributed by atoms with E-state index < -0.39 is 0 Å². The summed E-state index contributed by atoms with van der Waals surface area (Å²) in [6.07, 6.45) is 3.58. The van der Waals surface area contributed by atoms with E-state index in [4.69, 9.17) is 0 Å². The molecule has 1 aliphatic carbocycles. The Morgan fingerprint density at radius 3 is 2.55 bits per heavy atom. The van der Waals surface area contributed by atoms with Crippen LogP contribution in [0.1, 0.15) is 38.7 Å². The van der Waals surface area contributed by atoms with Gasteiger partial charge in [0, 0.05) is 36.0 Å². The summed E-state index contributed by atoms with van der Waals surface area (Å²) < 4.78 is 15.4. The van der Waals surface area contributed by atoms with Crippen LogP contribution in [-0.2, 0) is 5.41 Å². The molecule has 0 bridgehead atoms.